The van der Waals surface area contributed by atoms with Crippen molar-refractivity contribution in [1.82, 2.24) is 10.2 Å². The van der Waals surface area contributed by atoms with Crippen LogP contribution < -0.4 is 9.62 Å². The maximum Gasteiger partial charge on any atom is 0.242 e. The van der Waals surface area contributed by atoms with Crippen LogP contribution in [0.1, 0.15) is 62.1 Å². The van der Waals surface area contributed by atoms with Gasteiger partial charge in [-0.15, -0.1) is 0 Å². The summed E-state index contributed by atoms with van der Waals surface area (Å²) in [5, 5.41) is 3.03. The SMILES string of the molecule is Cc1cccc(N(CCCC(=O)N(Cc2ccccc2F)C(C)C(=O)NC2CCCC2)S(C)(=O)=O)c1C. The van der Waals surface area contributed by atoms with E-state index in [1.807, 2.05) is 26.0 Å². The molecular formula is C28H38FN3O4S. The van der Waals surface area contributed by atoms with E-state index >= 15 is 0 Å². The predicted molar refractivity (Wildman–Crippen MR) is 144 cm³/mol. The van der Waals surface area contributed by atoms with E-state index < -0.39 is 21.9 Å². The molecule has 0 bridgehead atoms. The zero-order chi connectivity index (χ0) is 27.2. The maximum atomic E-state index is 14.4. The molecule has 0 radical (unpaired) electrons. The topological polar surface area (TPSA) is 86.8 Å². The number of halogens is 1. The van der Waals surface area contributed by atoms with Crippen LogP contribution in [0.4, 0.5) is 10.1 Å². The molecule has 3 rings (SSSR count). The zero-order valence-electron chi connectivity index (χ0n) is 22.2. The number of hydrogen-bond donors (Lipinski definition) is 1. The molecule has 2 amide bonds. The van der Waals surface area contributed by atoms with E-state index in [1.165, 1.54) is 15.3 Å². The second-order valence-electron chi connectivity index (χ2n) is 9.94. The summed E-state index contributed by atoms with van der Waals surface area (Å²) < 4.78 is 40.9. The minimum Gasteiger partial charge on any atom is -0.352 e. The van der Waals surface area contributed by atoms with Crippen molar-refractivity contribution in [2.75, 3.05) is 17.1 Å². The smallest absolute Gasteiger partial charge is 0.242 e. The summed E-state index contributed by atoms with van der Waals surface area (Å²) in [4.78, 5) is 27.8. The Morgan fingerprint density at radius 3 is 2.41 bits per heavy atom. The number of anilines is 1. The number of sulfonamides is 1. The molecule has 1 N–H and O–H groups in total. The molecule has 0 spiro atoms. The fourth-order valence-electron chi connectivity index (χ4n) is 4.77. The van der Waals surface area contributed by atoms with E-state index in [0.29, 0.717) is 11.3 Å². The van der Waals surface area contributed by atoms with Gasteiger partial charge in [-0.3, -0.25) is 13.9 Å². The van der Waals surface area contributed by atoms with Crippen molar-refractivity contribution >= 4 is 27.5 Å². The molecule has 1 unspecified atom stereocenters. The van der Waals surface area contributed by atoms with Crippen LogP contribution in [-0.2, 0) is 26.2 Å². The number of rotatable bonds is 11. The Kier molecular flexibility index (Phi) is 9.70. The van der Waals surface area contributed by atoms with Crippen molar-refractivity contribution in [3.63, 3.8) is 0 Å². The molecule has 0 aromatic heterocycles. The molecule has 0 saturated heterocycles. The Labute approximate surface area is 220 Å². The second kappa shape index (κ2) is 12.5. The lowest BCUT2D eigenvalue weighted by Crippen LogP contribution is -2.49. The molecule has 9 heteroatoms. The van der Waals surface area contributed by atoms with Crippen LogP contribution in [0.3, 0.4) is 0 Å². The van der Waals surface area contributed by atoms with Crippen molar-refractivity contribution in [2.45, 2.75) is 77.9 Å². The second-order valence-corrected chi connectivity index (χ2v) is 11.8. The third-order valence-electron chi connectivity index (χ3n) is 7.16. The summed E-state index contributed by atoms with van der Waals surface area (Å²) >= 11 is 0. The van der Waals surface area contributed by atoms with Gasteiger partial charge < -0.3 is 10.2 Å². The van der Waals surface area contributed by atoms with Gasteiger partial charge in [-0.2, -0.15) is 0 Å². The summed E-state index contributed by atoms with van der Waals surface area (Å²) in [5.74, 6) is -1.03. The maximum absolute atomic E-state index is 14.4. The number of aryl methyl sites for hydroxylation is 1. The third-order valence-corrected chi connectivity index (χ3v) is 8.34. The lowest BCUT2D eigenvalue weighted by atomic mass is 10.1. The number of amides is 2. The Bertz CT molecular complexity index is 1210. The lowest BCUT2D eigenvalue weighted by molar-refractivity contribution is -0.141. The molecule has 2 aromatic rings. The monoisotopic (exact) mass is 531 g/mol. The fourth-order valence-corrected chi connectivity index (χ4v) is 5.79. The molecule has 1 aliphatic rings. The molecule has 1 atom stereocenters. The first kappa shape index (κ1) is 28.6. The Morgan fingerprint density at radius 1 is 1.08 bits per heavy atom. The van der Waals surface area contributed by atoms with Gasteiger partial charge in [0.1, 0.15) is 11.9 Å². The standard InChI is InChI=1S/C28H38FN3O4S/c1-20-11-9-16-26(21(20)2)32(37(4,35)36)18-10-17-27(33)31(19-23-12-5-8-15-25(23)29)22(3)28(34)30-24-13-6-7-14-24/h5,8-9,11-12,15-16,22,24H,6-7,10,13-14,17-19H2,1-4H3,(H,30,34). The largest absolute Gasteiger partial charge is 0.352 e. The van der Waals surface area contributed by atoms with Crippen molar-refractivity contribution in [3.05, 3.63) is 65.0 Å². The van der Waals surface area contributed by atoms with Crippen LogP contribution in [0.5, 0.6) is 0 Å². The van der Waals surface area contributed by atoms with Gasteiger partial charge in [0, 0.05) is 31.1 Å². The highest BCUT2D eigenvalue weighted by Gasteiger charge is 2.29. The highest BCUT2D eigenvalue weighted by molar-refractivity contribution is 7.92. The number of nitrogens with one attached hydrogen (secondary N) is 1. The molecule has 2 aromatic carbocycles. The highest BCUT2D eigenvalue weighted by Crippen LogP contribution is 2.26. The summed E-state index contributed by atoms with van der Waals surface area (Å²) in [7, 11) is -3.58. The van der Waals surface area contributed by atoms with Crippen LogP contribution in [-0.4, -0.2) is 50.0 Å². The molecular weight excluding hydrogens is 493 g/mol. The van der Waals surface area contributed by atoms with Gasteiger partial charge in [-0.05, 0) is 63.3 Å². The van der Waals surface area contributed by atoms with Gasteiger partial charge in [0.25, 0.3) is 0 Å². The summed E-state index contributed by atoms with van der Waals surface area (Å²) in [6, 6.07) is 11.0. The van der Waals surface area contributed by atoms with Crippen molar-refractivity contribution in [2.24, 2.45) is 0 Å². The number of carbonyl (C=O) groups is 2. The van der Waals surface area contributed by atoms with Crippen LogP contribution >= 0.6 is 0 Å². The van der Waals surface area contributed by atoms with Gasteiger partial charge in [0.15, 0.2) is 0 Å². The highest BCUT2D eigenvalue weighted by atomic mass is 32.2. The van der Waals surface area contributed by atoms with Crippen LogP contribution in [0.15, 0.2) is 42.5 Å². The molecule has 0 aliphatic heterocycles. The molecule has 0 heterocycles. The summed E-state index contributed by atoms with van der Waals surface area (Å²) in [6.07, 6.45) is 5.38. The third kappa shape index (κ3) is 7.53. The van der Waals surface area contributed by atoms with E-state index in [0.717, 1.165) is 43.1 Å². The minimum atomic E-state index is -3.58. The van der Waals surface area contributed by atoms with Crippen molar-refractivity contribution in [3.8, 4) is 0 Å². The summed E-state index contributed by atoms with van der Waals surface area (Å²) in [5.41, 5.74) is 2.74. The Balaban J connectivity index is 1.75. The first-order valence-electron chi connectivity index (χ1n) is 12.9. The quantitative estimate of drug-likeness (QED) is 0.464. The average Bonchev–Trinajstić information content (AvgIpc) is 3.35. The zero-order valence-corrected chi connectivity index (χ0v) is 23.0. The van der Waals surface area contributed by atoms with Gasteiger partial charge in [-0.1, -0.05) is 43.2 Å². The van der Waals surface area contributed by atoms with Gasteiger partial charge in [-0.25, -0.2) is 12.8 Å². The number of nitrogens with zero attached hydrogens (tertiary/aromatic N) is 2. The van der Waals surface area contributed by atoms with E-state index in [2.05, 4.69) is 5.32 Å². The normalized spacial score (nSPS) is 14.8. The number of benzene rings is 2. The molecule has 37 heavy (non-hydrogen) atoms. The van der Waals surface area contributed by atoms with Gasteiger partial charge in [0.05, 0.1) is 11.9 Å². The molecule has 1 fully saturated rings. The summed E-state index contributed by atoms with van der Waals surface area (Å²) in [6.45, 7) is 5.51. The molecule has 202 valence electrons. The minimum absolute atomic E-state index is 0.0202. The van der Waals surface area contributed by atoms with Crippen LogP contribution in [0, 0.1) is 19.7 Å². The van der Waals surface area contributed by atoms with Crippen LogP contribution in [0.2, 0.25) is 0 Å². The first-order chi connectivity index (χ1) is 17.5. The van der Waals surface area contributed by atoms with E-state index in [9.17, 15) is 22.4 Å². The average molecular weight is 532 g/mol. The fraction of sp³-hybridized carbons (Fsp3) is 0.500. The Morgan fingerprint density at radius 2 is 1.76 bits per heavy atom. The molecule has 1 saturated carbocycles. The Hall–Kier alpha value is -2.94. The van der Waals surface area contributed by atoms with Crippen LogP contribution in [0.25, 0.3) is 0 Å². The van der Waals surface area contributed by atoms with Crippen molar-refractivity contribution in [1.29, 1.82) is 0 Å². The molecule has 7 nitrogen and oxygen atoms in total. The van der Waals surface area contributed by atoms with Gasteiger partial charge in [0.2, 0.25) is 21.8 Å². The van der Waals surface area contributed by atoms with E-state index in [4.69, 9.17) is 0 Å². The molecule has 1 aliphatic carbocycles. The number of carbonyl (C=O) groups excluding carboxylic acids is 2. The first-order valence-corrected chi connectivity index (χ1v) is 14.7. The van der Waals surface area contributed by atoms with Crippen molar-refractivity contribution < 1.29 is 22.4 Å². The van der Waals surface area contributed by atoms with E-state index in [1.54, 1.807) is 31.2 Å². The van der Waals surface area contributed by atoms with E-state index in [-0.39, 0.29) is 43.8 Å². The number of hydrogen-bond acceptors (Lipinski definition) is 4. The van der Waals surface area contributed by atoms with Gasteiger partial charge >= 0.3 is 0 Å². The lowest BCUT2D eigenvalue weighted by Gasteiger charge is -2.30. The predicted octanol–water partition coefficient (Wildman–Crippen LogP) is 4.46.